The summed E-state index contributed by atoms with van der Waals surface area (Å²) in [5.74, 6) is -4.16. The molecule has 3 aromatic rings. The largest absolute Gasteiger partial charge is 0.573 e. The molecule has 0 aromatic heterocycles. The van der Waals surface area contributed by atoms with Crippen LogP contribution < -0.4 is 18.5 Å². The number of hydrogen-bond acceptors (Lipinski definition) is 8. The number of rotatable bonds is 9. The SMILES string of the molecule is COc1ccc(S(=O)(=O)N2C(=O)C(O[C@@H](C)C(=O)O)(c3ccccc3OC)c3cc(Cl)ccc32)c(OC(F)(F)F)c1. The lowest BCUT2D eigenvalue weighted by molar-refractivity contribution is -0.275. The maximum atomic E-state index is 14.4. The number of anilines is 1. The van der Waals surface area contributed by atoms with Crippen molar-refractivity contribution in [2.45, 2.75) is 29.9 Å². The van der Waals surface area contributed by atoms with Gasteiger partial charge in [-0.25, -0.2) is 13.2 Å². The maximum absolute atomic E-state index is 14.4. The van der Waals surface area contributed by atoms with E-state index >= 15 is 0 Å². The third kappa shape index (κ3) is 5.25. The number of carboxylic acid groups (broad SMARTS) is 1. The van der Waals surface area contributed by atoms with Crippen molar-refractivity contribution in [3.05, 3.63) is 76.8 Å². The fourth-order valence-electron chi connectivity index (χ4n) is 4.39. The normalized spacial score (nSPS) is 17.6. The van der Waals surface area contributed by atoms with E-state index in [9.17, 15) is 36.3 Å². The molecule has 0 spiro atoms. The molecule has 3 aromatic carbocycles. The Bertz CT molecular complexity index is 1630. The van der Waals surface area contributed by atoms with Crippen LogP contribution in [0.15, 0.2) is 65.6 Å². The first-order chi connectivity index (χ1) is 19.2. The molecule has 218 valence electrons. The number of hydrogen-bond donors (Lipinski definition) is 1. The number of carbonyl (C=O) groups is 2. The van der Waals surface area contributed by atoms with Gasteiger partial charge in [0.15, 0.2) is 11.9 Å². The van der Waals surface area contributed by atoms with Crippen LogP contribution in [0.5, 0.6) is 17.2 Å². The quantitative estimate of drug-likeness (QED) is 0.363. The summed E-state index contributed by atoms with van der Waals surface area (Å²) < 4.78 is 88.4. The molecule has 1 aliphatic heterocycles. The smallest absolute Gasteiger partial charge is 0.497 e. The molecule has 0 fully saturated rings. The minimum Gasteiger partial charge on any atom is -0.497 e. The summed E-state index contributed by atoms with van der Waals surface area (Å²) in [4.78, 5) is 25.2. The van der Waals surface area contributed by atoms with E-state index in [4.69, 9.17) is 25.8 Å². The first-order valence-electron chi connectivity index (χ1n) is 11.5. The van der Waals surface area contributed by atoms with E-state index in [2.05, 4.69) is 4.74 Å². The van der Waals surface area contributed by atoms with E-state index in [1.807, 2.05) is 0 Å². The molecule has 2 atom stereocenters. The Hall–Kier alpha value is -4.01. The molecule has 0 bridgehead atoms. The molecule has 0 saturated heterocycles. The van der Waals surface area contributed by atoms with Crippen molar-refractivity contribution in [3.63, 3.8) is 0 Å². The van der Waals surface area contributed by atoms with Crippen molar-refractivity contribution in [3.8, 4) is 17.2 Å². The summed E-state index contributed by atoms with van der Waals surface area (Å²) in [6.07, 6.45) is -7.00. The molecule has 1 amide bonds. The van der Waals surface area contributed by atoms with E-state index in [1.165, 1.54) is 37.4 Å². The molecule has 41 heavy (non-hydrogen) atoms. The van der Waals surface area contributed by atoms with Crippen molar-refractivity contribution < 1.29 is 55.2 Å². The summed E-state index contributed by atoms with van der Waals surface area (Å²) in [6, 6.07) is 11.9. The van der Waals surface area contributed by atoms with Crippen LogP contribution in [0.2, 0.25) is 5.02 Å². The third-order valence-corrected chi connectivity index (χ3v) is 8.10. The van der Waals surface area contributed by atoms with Crippen LogP contribution in [-0.4, -0.2) is 52.1 Å². The summed E-state index contributed by atoms with van der Waals surface area (Å²) in [7, 11) is -2.80. The maximum Gasteiger partial charge on any atom is 0.573 e. The predicted octanol–water partition coefficient (Wildman–Crippen LogP) is 4.72. The molecule has 1 heterocycles. The van der Waals surface area contributed by atoms with Gasteiger partial charge in [-0.05, 0) is 43.3 Å². The molecular formula is C26H21ClF3NO9S. The first kappa shape index (κ1) is 30.0. The van der Waals surface area contributed by atoms with Crippen LogP contribution in [0.4, 0.5) is 18.9 Å². The van der Waals surface area contributed by atoms with Gasteiger partial charge in [0.25, 0.3) is 15.9 Å². The number of carboxylic acids is 1. The molecular weight excluding hydrogens is 595 g/mol. The highest BCUT2D eigenvalue weighted by molar-refractivity contribution is 7.93. The van der Waals surface area contributed by atoms with Gasteiger partial charge >= 0.3 is 12.3 Å². The van der Waals surface area contributed by atoms with Gasteiger partial charge in [0.2, 0.25) is 5.60 Å². The fraction of sp³-hybridized carbons (Fsp3) is 0.231. The summed E-state index contributed by atoms with van der Waals surface area (Å²) in [5.41, 5.74) is -3.10. The predicted molar refractivity (Wildman–Crippen MR) is 138 cm³/mol. The van der Waals surface area contributed by atoms with Gasteiger partial charge in [0, 0.05) is 22.2 Å². The van der Waals surface area contributed by atoms with Crippen LogP contribution >= 0.6 is 11.6 Å². The number of fused-ring (bicyclic) bond motifs is 1. The first-order valence-corrected chi connectivity index (χ1v) is 13.4. The number of halogens is 4. The minimum absolute atomic E-state index is 0.0205. The summed E-state index contributed by atoms with van der Waals surface area (Å²) in [5, 5.41) is 9.68. The van der Waals surface area contributed by atoms with E-state index < -0.39 is 50.6 Å². The Labute approximate surface area is 236 Å². The van der Waals surface area contributed by atoms with Gasteiger partial charge < -0.3 is 24.1 Å². The Morgan fingerprint density at radius 1 is 1.00 bits per heavy atom. The molecule has 15 heteroatoms. The van der Waals surface area contributed by atoms with Crippen molar-refractivity contribution >= 4 is 39.2 Å². The number of aliphatic carboxylic acids is 1. The lowest BCUT2D eigenvalue weighted by Gasteiger charge is -2.32. The lowest BCUT2D eigenvalue weighted by Crippen LogP contribution is -2.48. The summed E-state index contributed by atoms with van der Waals surface area (Å²) in [6.45, 7) is 1.12. The molecule has 10 nitrogen and oxygen atoms in total. The average molecular weight is 616 g/mol. The Balaban J connectivity index is 2.05. The number of alkyl halides is 3. The van der Waals surface area contributed by atoms with Crippen LogP contribution in [0.25, 0.3) is 0 Å². The highest BCUT2D eigenvalue weighted by atomic mass is 35.5. The lowest BCUT2D eigenvalue weighted by atomic mass is 9.86. The number of benzene rings is 3. The van der Waals surface area contributed by atoms with Crippen LogP contribution in [0, 0.1) is 0 Å². The average Bonchev–Trinajstić information content (AvgIpc) is 3.15. The van der Waals surface area contributed by atoms with E-state index in [-0.39, 0.29) is 37.6 Å². The van der Waals surface area contributed by atoms with E-state index in [1.54, 1.807) is 6.07 Å². The zero-order chi connectivity index (χ0) is 30.3. The number of carbonyl (C=O) groups excluding carboxylic acids is 1. The zero-order valence-corrected chi connectivity index (χ0v) is 23.0. The van der Waals surface area contributed by atoms with E-state index in [0.29, 0.717) is 6.07 Å². The molecule has 1 aliphatic rings. The van der Waals surface area contributed by atoms with Gasteiger partial charge in [0.05, 0.1) is 19.9 Å². The van der Waals surface area contributed by atoms with Crippen molar-refractivity contribution in [2.75, 3.05) is 18.5 Å². The number of methoxy groups -OCH3 is 2. The van der Waals surface area contributed by atoms with Crippen molar-refractivity contribution in [2.24, 2.45) is 0 Å². The monoisotopic (exact) mass is 615 g/mol. The number of para-hydroxylation sites is 1. The second-order valence-corrected chi connectivity index (χ2v) is 10.8. The van der Waals surface area contributed by atoms with Gasteiger partial charge in [0.1, 0.15) is 16.4 Å². The van der Waals surface area contributed by atoms with Crippen LogP contribution in [0.1, 0.15) is 18.1 Å². The molecule has 0 aliphatic carbocycles. The van der Waals surface area contributed by atoms with E-state index in [0.717, 1.165) is 32.2 Å². The van der Waals surface area contributed by atoms with Crippen molar-refractivity contribution in [1.29, 1.82) is 0 Å². The second kappa shape index (κ2) is 10.8. The molecule has 1 unspecified atom stereocenters. The topological polar surface area (TPSA) is 129 Å². The second-order valence-electron chi connectivity index (χ2n) is 8.58. The molecule has 0 saturated carbocycles. The number of ether oxygens (including phenoxy) is 4. The molecule has 1 N–H and O–H groups in total. The zero-order valence-electron chi connectivity index (χ0n) is 21.4. The van der Waals surface area contributed by atoms with Crippen LogP contribution in [0.3, 0.4) is 0 Å². The van der Waals surface area contributed by atoms with Crippen molar-refractivity contribution in [1.82, 2.24) is 0 Å². The Kier molecular flexibility index (Phi) is 7.86. The highest BCUT2D eigenvalue weighted by Crippen LogP contribution is 2.53. The van der Waals surface area contributed by atoms with Gasteiger partial charge in [-0.1, -0.05) is 29.8 Å². The number of nitrogens with zero attached hydrogens (tertiary/aromatic N) is 1. The molecule has 4 rings (SSSR count). The summed E-state index contributed by atoms with van der Waals surface area (Å²) >= 11 is 6.23. The standard InChI is InChI=1S/C26H21ClF3NO9S/c1-14(23(32)33)39-25(17-6-4-5-7-20(17)38-3)18-12-15(27)8-10-19(18)31(24(25)34)41(35,36)22-11-9-16(37-2)13-21(22)40-26(28,29)30/h4-14H,1-3H3,(H,32,33)/t14-,25?/m0/s1. The van der Waals surface area contributed by atoms with Gasteiger partial charge in [-0.15, -0.1) is 13.2 Å². The van der Waals surface area contributed by atoms with Gasteiger partial charge in [-0.3, -0.25) is 4.79 Å². The van der Waals surface area contributed by atoms with Crippen LogP contribution in [-0.2, 0) is 30.0 Å². The van der Waals surface area contributed by atoms with Gasteiger partial charge in [-0.2, -0.15) is 4.31 Å². The Morgan fingerprint density at radius 2 is 1.68 bits per heavy atom. The fourth-order valence-corrected chi connectivity index (χ4v) is 6.12. The third-order valence-electron chi connectivity index (χ3n) is 6.12. The molecule has 0 radical (unpaired) electrons. The number of amides is 1. The highest BCUT2D eigenvalue weighted by Gasteiger charge is 2.60. The Morgan fingerprint density at radius 3 is 2.29 bits per heavy atom. The number of sulfonamides is 1. The minimum atomic E-state index is -5.31.